The molecular weight excluding hydrogens is 336 g/mol. The summed E-state index contributed by atoms with van der Waals surface area (Å²) in [5, 5.41) is 0. The number of methoxy groups -OCH3 is 1. The molecule has 0 heterocycles. The van der Waals surface area contributed by atoms with Gasteiger partial charge >= 0.3 is 6.09 Å². The number of hydrogen-bond donors (Lipinski definition) is 0. The van der Waals surface area contributed by atoms with Crippen LogP contribution in [0.5, 0.6) is 11.5 Å². The van der Waals surface area contributed by atoms with Crippen molar-refractivity contribution in [3.05, 3.63) is 24.3 Å². The first kappa shape index (κ1) is 18.2. The van der Waals surface area contributed by atoms with E-state index in [1.54, 1.807) is 0 Å². The molecule has 124 valence electrons. The van der Waals surface area contributed by atoms with Gasteiger partial charge in [-0.2, -0.15) is 0 Å². The number of sulfonamides is 2. The molecule has 0 aliphatic carbocycles. The fourth-order valence-corrected chi connectivity index (χ4v) is 3.17. The van der Waals surface area contributed by atoms with Gasteiger partial charge in [0.15, 0.2) is 0 Å². The van der Waals surface area contributed by atoms with Gasteiger partial charge in [-0.25, -0.2) is 21.6 Å². The van der Waals surface area contributed by atoms with Crippen molar-refractivity contribution in [2.24, 2.45) is 0 Å². The number of amides is 1. The molecule has 0 aliphatic heterocycles. The highest BCUT2D eigenvalue weighted by Gasteiger charge is 2.34. The molecule has 9 nitrogen and oxygen atoms in total. The van der Waals surface area contributed by atoms with Crippen molar-refractivity contribution < 1.29 is 31.1 Å². The minimum atomic E-state index is -4.20. The molecule has 0 aromatic heterocycles. The Morgan fingerprint density at radius 1 is 0.955 bits per heavy atom. The lowest BCUT2D eigenvalue weighted by Crippen LogP contribution is -2.50. The largest absolute Gasteiger partial charge is 0.497 e. The van der Waals surface area contributed by atoms with Gasteiger partial charge in [-0.3, -0.25) is 0 Å². The Balaban J connectivity index is 3.08. The van der Waals surface area contributed by atoms with Gasteiger partial charge in [0.25, 0.3) is 10.0 Å². The quantitative estimate of drug-likeness (QED) is 0.699. The smallest absolute Gasteiger partial charge is 0.445 e. The van der Waals surface area contributed by atoms with Crippen LogP contribution in [0.25, 0.3) is 0 Å². The Labute approximate surface area is 129 Å². The van der Waals surface area contributed by atoms with E-state index in [1.807, 2.05) is 0 Å². The van der Waals surface area contributed by atoms with Crippen LogP contribution >= 0.6 is 0 Å². The first-order valence-corrected chi connectivity index (χ1v) is 9.46. The maximum Gasteiger partial charge on any atom is 0.445 e. The highest BCUT2D eigenvalue weighted by Crippen LogP contribution is 2.19. The molecule has 11 heteroatoms. The molecule has 0 radical (unpaired) electrons. The topological polar surface area (TPSA) is 110 Å². The second-order valence-corrected chi connectivity index (χ2v) is 8.05. The number of carbonyl (C=O) groups is 1. The monoisotopic (exact) mass is 352 g/mol. The predicted molar refractivity (Wildman–Crippen MR) is 78.3 cm³/mol. The number of nitrogens with zero attached hydrogens (tertiary/aromatic N) is 2. The fourth-order valence-electron chi connectivity index (χ4n) is 1.38. The van der Waals surface area contributed by atoms with Crippen molar-refractivity contribution in [2.45, 2.75) is 0 Å². The van der Waals surface area contributed by atoms with E-state index >= 15 is 0 Å². The van der Waals surface area contributed by atoms with E-state index in [1.165, 1.54) is 31.4 Å². The van der Waals surface area contributed by atoms with E-state index in [2.05, 4.69) is 0 Å². The summed E-state index contributed by atoms with van der Waals surface area (Å²) in [5.41, 5.74) is 0. The van der Waals surface area contributed by atoms with E-state index in [-0.39, 0.29) is 14.6 Å². The summed E-state index contributed by atoms with van der Waals surface area (Å²) in [5.74, 6) is 0.536. The first-order chi connectivity index (χ1) is 9.96. The average molecular weight is 352 g/mol. The third-order valence-electron chi connectivity index (χ3n) is 2.47. The van der Waals surface area contributed by atoms with Crippen LogP contribution < -0.4 is 9.47 Å². The molecule has 0 bridgehead atoms. The second-order valence-electron chi connectivity index (χ2n) is 4.25. The van der Waals surface area contributed by atoms with Crippen LogP contribution in [-0.4, -0.2) is 58.4 Å². The van der Waals surface area contributed by atoms with Crippen LogP contribution in [0.4, 0.5) is 4.79 Å². The maximum atomic E-state index is 12.0. The zero-order chi connectivity index (χ0) is 17.1. The molecule has 0 saturated heterocycles. The van der Waals surface area contributed by atoms with Gasteiger partial charge < -0.3 is 9.47 Å². The number of hydrogen-bond acceptors (Lipinski definition) is 7. The van der Waals surface area contributed by atoms with Crippen molar-refractivity contribution in [2.75, 3.05) is 26.7 Å². The van der Waals surface area contributed by atoms with Gasteiger partial charge in [0.1, 0.15) is 11.5 Å². The minimum Gasteiger partial charge on any atom is -0.497 e. The van der Waals surface area contributed by atoms with Gasteiger partial charge in [0.2, 0.25) is 10.0 Å². The fraction of sp³-hybridized carbons (Fsp3) is 0.364. The summed E-state index contributed by atoms with van der Waals surface area (Å²) >= 11 is 0. The summed E-state index contributed by atoms with van der Waals surface area (Å²) in [4.78, 5) is 12.0. The number of hydrazine groups is 1. The van der Waals surface area contributed by atoms with Crippen LogP contribution in [0.15, 0.2) is 24.3 Å². The van der Waals surface area contributed by atoms with Crippen LogP contribution in [0.3, 0.4) is 0 Å². The molecule has 1 amide bonds. The van der Waals surface area contributed by atoms with Gasteiger partial charge in [-0.05, 0) is 24.3 Å². The molecule has 0 saturated carbocycles. The molecule has 22 heavy (non-hydrogen) atoms. The Bertz CT molecular complexity index is 741. The molecular formula is C11H16N2O7S2. The molecule has 1 rings (SSSR count). The van der Waals surface area contributed by atoms with Gasteiger partial charge in [-0.1, -0.05) is 4.41 Å². The van der Waals surface area contributed by atoms with Crippen molar-refractivity contribution in [3.8, 4) is 11.5 Å². The molecule has 0 unspecified atom stereocenters. The van der Waals surface area contributed by atoms with Crippen molar-refractivity contribution in [1.82, 2.24) is 8.83 Å². The minimum absolute atomic E-state index is 0.0204. The highest BCUT2D eigenvalue weighted by atomic mass is 32.2. The normalized spacial score (nSPS) is 12.0. The summed E-state index contributed by atoms with van der Waals surface area (Å²) in [7, 11) is -5.80. The number of ether oxygens (including phenoxy) is 2. The zero-order valence-corrected chi connectivity index (χ0v) is 14.0. The van der Waals surface area contributed by atoms with E-state index in [0.717, 1.165) is 13.3 Å². The summed E-state index contributed by atoms with van der Waals surface area (Å²) in [6.45, 7) is 0. The van der Waals surface area contributed by atoms with Crippen molar-refractivity contribution in [3.63, 3.8) is 0 Å². The molecule has 0 atom stereocenters. The predicted octanol–water partition coefficient (Wildman–Crippen LogP) is 0.262. The number of rotatable bonds is 5. The maximum absolute atomic E-state index is 12.0. The van der Waals surface area contributed by atoms with Gasteiger partial charge in [-0.15, -0.1) is 4.41 Å². The van der Waals surface area contributed by atoms with Crippen molar-refractivity contribution in [1.29, 1.82) is 0 Å². The second kappa shape index (κ2) is 6.50. The number of benzene rings is 1. The van der Waals surface area contributed by atoms with E-state index in [4.69, 9.17) is 9.47 Å². The number of carbonyl (C=O) groups excluding carboxylic acids is 1. The molecule has 0 fully saturated rings. The Morgan fingerprint density at radius 2 is 1.41 bits per heavy atom. The Morgan fingerprint density at radius 3 is 1.77 bits per heavy atom. The van der Waals surface area contributed by atoms with Crippen molar-refractivity contribution >= 4 is 26.1 Å². The van der Waals surface area contributed by atoms with E-state index in [9.17, 15) is 21.6 Å². The third-order valence-corrected chi connectivity index (χ3v) is 4.72. The lowest BCUT2D eigenvalue weighted by atomic mass is 10.3. The molecule has 0 N–H and O–H groups in total. The molecule has 0 spiro atoms. The Hall–Kier alpha value is -1.85. The Kier molecular flexibility index (Phi) is 5.38. The average Bonchev–Trinajstić information content (AvgIpc) is 2.36. The summed E-state index contributed by atoms with van der Waals surface area (Å²) in [6.07, 6.45) is 0.0658. The lowest BCUT2D eigenvalue weighted by molar-refractivity contribution is 0.134. The first-order valence-electron chi connectivity index (χ1n) is 5.77. The summed E-state index contributed by atoms with van der Waals surface area (Å²) < 4.78 is 56.3. The van der Waals surface area contributed by atoms with Gasteiger partial charge in [0, 0.05) is 7.05 Å². The van der Waals surface area contributed by atoms with Crippen LogP contribution in [0, 0.1) is 0 Å². The van der Waals surface area contributed by atoms with Crippen LogP contribution in [0.1, 0.15) is 0 Å². The van der Waals surface area contributed by atoms with Crippen LogP contribution in [0.2, 0.25) is 0 Å². The molecule has 1 aromatic carbocycles. The molecule has 0 aliphatic rings. The van der Waals surface area contributed by atoms with E-state index in [0.29, 0.717) is 12.0 Å². The standard InChI is InChI=1S/C11H16N2O7S2/c1-12(21(3,15)16)13(22(4,17)18)11(14)20-10-7-5-9(19-2)6-8-10/h5-8H,1-4H3. The zero-order valence-electron chi connectivity index (χ0n) is 12.4. The van der Waals surface area contributed by atoms with E-state index < -0.39 is 26.1 Å². The van der Waals surface area contributed by atoms with Crippen LogP contribution in [-0.2, 0) is 20.0 Å². The lowest BCUT2D eigenvalue weighted by Gasteiger charge is -2.26. The summed E-state index contributed by atoms with van der Waals surface area (Å²) in [6, 6.07) is 5.73. The SMILES string of the molecule is COc1ccc(OC(=O)N(N(C)S(C)(=O)=O)S(C)(=O)=O)cc1. The third kappa shape index (κ3) is 4.58. The van der Waals surface area contributed by atoms with Gasteiger partial charge in [0.05, 0.1) is 19.6 Å². The molecule has 1 aromatic rings. The highest BCUT2D eigenvalue weighted by molar-refractivity contribution is 7.91.